The van der Waals surface area contributed by atoms with E-state index >= 15 is 0 Å². The molecule has 1 aliphatic heterocycles. The van der Waals surface area contributed by atoms with Crippen molar-refractivity contribution >= 4 is 23.5 Å². The molecule has 0 saturated heterocycles. The third-order valence-electron chi connectivity index (χ3n) is 5.16. The van der Waals surface area contributed by atoms with Crippen molar-refractivity contribution in [2.45, 2.75) is 25.8 Å². The minimum absolute atomic E-state index is 0.0755. The fraction of sp³-hybridized carbons (Fsp3) is 0.250. The number of methoxy groups -OCH3 is 1. The standard InChI is InChI=1S/C24H24ClNO4/c1-4-13-30-24(28)23-16(2)26(15-17-9-11-18(29-3)12-10-17)22(27)14-20(23)19-7-5-6-8-21(19)25/h4-12,20H,1,13-15H2,2-3H3. The van der Waals surface area contributed by atoms with Crippen LogP contribution >= 0.6 is 11.6 Å². The second-order valence-corrected chi connectivity index (χ2v) is 7.40. The van der Waals surface area contributed by atoms with Gasteiger partial charge in [-0.15, -0.1) is 0 Å². The van der Waals surface area contributed by atoms with Gasteiger partial charge in [-0.2, -0.15) is 0 Å². The lowest BCUT2D eigenvalue weighted by Crippen LogP contribution is -2.38. The Morgan fingerprint density at radius 1 is 1.23 bits per heavy atom. The summed E-state index contributed by atoms with van der Waals surface area (Å²) in [5.41, 5.74) is 2.68. The highest BCUT2D eigenvalue weighted by molar-refractivity contribution is 6.31. The van der Waals surface area contributed by atoms with E-state index in [4.69, 9.17) is 21.1 Å². The Morgan fingerprint density at radius 2 is 1.93 bits per heavy atom. The summed E-state index contributed by atoms with van der Waals surface area (Å²) >= 11 is 6.39. The molecule has 1 aliphatic rings. The topological polar surface area (TPSA) is 55.8 Å². The van der Waals surface area contributed by atoms with Crippen LogP contribution < -0.4 is 4.74 Å². The Hall–Kier alpha value is -3.05. The quantitative estimate of drug-likeness (QED) is 0.469. The van der Waals surface area contributed by atoms with E-state index in [0.717, 1.165) is 16.9 Å². The van der Waals surface area contributed by atoms with E-state index < -0.39 is 11.9 Å². The number of carbonyl (C=O) groups is 2. The fourth-order valence-electron chi connectivity index (χ4n) is 3.62. The van der Waals surface area contributed by atoms with Crippen molar-refractivity contribution in [2.75, 3.05) is 13.7 Å². The van der Waals surface area contributed by atoms with E-state index in [9.17, 15) is 9.59 Å². The average molecular weight is 426 g/mol. The van der Waals surface area contributed by atoms with E-state index in [-0.39, 0.29) is 18.9 Å². The SMILES string of the molecule is C=CCOC(=O)C1=C(C)N(Cc2ccc(OC)cc2)C(=O)CC1c1ccccc1Cl. The lowest BCUT2D eigenvalue weighted by Gasteiger charge is -2.34. The predicted molar refractivity (Wildman–Crippen MR) is 116 cm³/mol. The van der Waals surface area contributed by atoms with Crippen LogP contribution in [0.25, 0.3) is 0 Å². The zero-order chi connectivity index (χ0) is 21.7. The Balaban J connectivity index is 2.01. The van der Waals surface area contributed by atoms with Gasteiger partial charge in [-0.1, -0.05) is 54.6 Å². The highest BCUT2D eigenvalue weighted by Gasteiger charge is 2.37. The zero-order valence-corrected chi connectivity index (χ0v) is 17.8. The number of rotatable bonds is 7. The molecule has 0 aliphatic carbocycles. The zero-order valence-electron chi connectivity index (χ0n) is 17.1. The molecule has 5 nitrogen and oxygen atoms in total. The first-order chi connectivity index (χ1) is 14.5. The second-order valence-electron chi connectivity index (χ2n) is 6.99. The third kappa shape index (κ3) is 4.57. The second kappa shape index (κ2) is 9.63. The van der Waals surface area contributed by atoms with Gasteiger partial charge < -0.3 is 14.4 Å². The number of carbonyl (C=O) groups excluding carboxylic acids is 2. The summed E-state index contributed by atoms with van der Waals surface area (Å²) in [5, 5.41) is 0.515. The first kappa shape index (κ1) is 21.7. The molecule has 0 spiro atoms. The van der Waals surface area contributed by atoms with Crippen molar-refractivity contribution in [3.8, 4) is 5.75 Å². The monoisotopic (exact) mass is 425 g/mol. The Bertz CT molecular complexity index is 981. The van der Waals surface area contributed by atoms with Crippen LogP contribution in [0.3, 0.4) is 0 Å². The molecule has 1 amide bonds. The van der Waals surface area contributed by atoms with Crippen LogP contribution in [0.2, 0.25) is 5.02 Å². The van der Waals surface area contributed by atoms with Crippen molar-refractivity contribution in [2.24, 2.45) is 0 Å². The van der Waals surface area contributed by atoms with E-state index in [0.29, 0.717) is 22.8 Å². The molecule has 0 bridgehead atoms. The molecule has 6 heteroatoms. The van der Waals surface area contributed by atoms with Crippen LogP contribution in [0.15, 0.2) is 72.5 Å². The van der Waals surface area contributed by atoms with Crippen LogP contribution in [0.4, 0.5) is 0 Å². The number of nitrogens with zero attached hydrogens (tertiary/aromatic N) is 1. The summed E-state index contributed by atoms with van der Waals surface area (Å²) in [6.07, 6.45) is 1.65. The lowest BCUT2D eigenvalue weighted by atomic mass is 9.83. The molecule has 2 aromatic carbocycles. The summed E-state index contributed by atoms with van der Waals surface area (Å²) < 4.78 is 10.5. The van der Waals surface area contributed by atoms with Gasteiger partial charge in [0.05, 0.1) is 19.2 Å². The number of amides is 1. The molecule has 2 aromatic rings. The third-order valence-corrected chi connectivity index (χ3v) is 5.50. The van der Waals surface area contributed by atoms with Gasteiger partial charge in [-0.3, -0.25) is 4.79 Å². The van der Waals surface area contributed by atoms with Crippen molar-refractivity contribution in [3.05, 3.63) is 88.6 Å². The number of allylic oxidation sites excluding steroid dienone is 1. The van der Waals surface area contributed by atoms with Gasteiger partial charge in [0, 0.05) is 23.1 Å². The van der Waals surface area contributed by atoms with Gasteiger partial charge in [0.1, 0.15) is 12.4 Å². The van der Waals surface area contributed by atoms with Gasteiger partial charge in [0.15, 0.2) is 0 Å². The normalized spacial score (nSPS) is 16.4. The van der Waals surface area contributed by atoms with Crippen LogP contribution in [0, 0.1) is 0 Å². The van der Waals surface area contributed by atoms with Crippen molar-refractivity contribution < 1.29 is 19.1 Å². The molecule has 1 atom stereocenters. The number of hydrogen-bond acceptors (Lipinski definition) is 4. The van der Waals surface area contributed by atoms with Gasteiger partial charge in [0.2, 0.25) is 5.91 Å². The van der Waals surface area contributed by atoms with E-state index in [1.54, 1.807) is 25.0 Å². The van der Waals surface area contributed by atoms with Crippen LogP contribution in [0.1, 0.15) is 30.4 Å². The lowest BCUT2D eigenvalue weighted by molar-refractivity contribution is -0.139. The van der Waals surface area contributed by atoms with E-state index in [1.807, 2.05) is 42.5 Å². The summed E-state index contributed by atoms with van der Waals surface area (Å²) in [7, 11) is 1.60. The molecule has 0 saturated carbocycles. The molecule has 0 radical (unpaired) electrons. The van der Waals surface area contributed by atoms with Gasteiger partial charge in [-0.05, 0) is 36.2 Å². The van der Waals surface area contributed by atoms with Crippen LogP contribution in [0.5, 0.6) is 5.75 Å². The number of ether oxygens (including phenoxy) is 2. The molecule has 1 heterocycles. The molecular formula is C24H24ClNO4. The maximum Gasteiger partial charge on any atom is 0.336 e. The fourth-order valence-corrected chi connectivity index (χ4v) is 3.88. The van der Waals surface area contributed by atoms with Gasteiger partial charge >= 0.3 is 5.97 Å². The Kier molecular flexibility index (Phi) is 6.95. The first-order valence-electron chi connectivity index (χ1n) is 9.62. The number of hydrogen-bond donors (Lipinski definition) is 0. The van der Waals surface area contributed by atoms with Gasteiger partial charge in [-0.25, -0.2) is 4.79 Å². The highest BCUT2D eigenvalue weighted by atomic mass is 35.5. The van der Waals surface area contributed by atoms with Crippen molar-refractivity contribution in [1.82, 2.24) is 4.90 Å². The summed E-state index contributed by atoms with van der Waals surface area (Å²) in [6.45, 7) is 5.81. The average Bonchev–Trinajstić information content (AvgIpc) is 2.75. The molecule has 0 fully saturated rings. The highest BCUT2D eigenvalue weighted by Crippen LogP contribution is 2.40. The minimum atomic E-state index is -0.468. The molecule has 1 unspecified atom stereocenters. The van der Waals surface area contributed by atoms with E-state index in [2.05, 4.69) is 6.58 Å². The Labute approximate surface area is 181 Å². The number of esters is 1. The largest absolute Gasteiger partial charge is 0.497 e. The summed E-state index contributed by atoms with van der Waals surface area (Å²) in [4.78, 5) is 27.6. The minimum Gasteiger partial charge on any atom is -0.497 e. The van der Waals surface area contributed by atoms with Crippen LogP contribution in [-0.2, 0) is 20.9 Å². The predicted octanol–water partition coefficient (Wildman–Crippen LogP) is 4.87. The molecule has 30 heavy (non-hydrogen) atoms. The Morgan fingerprint density at radius 3 is 2.57 bits per heavy atom. The first-order valence-corrected chi connectivity index (χ1v) is 10.0. The van der Waals surface area contributed by atoms with Gasteiger partial charge in [0.25, 0.3) is 0 Å². The molecule has 3 rings (SSSR count). The summed E-state index contributed by atoms with van der Waals surface area (Å²) in [6, 6.07) is 14.7. The van der Waals surface area contributed by atoms with Crippen molar-refractivity contribution in [1.29, 1.82) is 0 Å². The maximum atomic E-state index is 13.1. The summed E-state index contributed by atoms with van der Waals surface area (Å²) in [5.74, 6) is -0.267. The molecule has 156 valence electrons. The van der Waals surface area contributed by atoms with E-state index in [1.165, 1.54) is 6.08 Å². The smallest absolute Gasteiger partial charge is 0.336 e. The maximum absolute atomic E-state index is 13.1. The van der Waals surface area contributed by atoms with Crippen LogP contribution in [-0.4, -0.2) is 30.5 Å². The van der Waals surface area contributed by atoms with Crippen molar-refractivity contribution in [3.63, 3.8) is 0 Å². The number of benzene rings is 2. The molecule has 0 aromatic heterocycles. The molecular weight excluding hydrogens is 402 g/mol. The number of halogens is 1. The molecule has 0 N–H and O–H groups in total.